The van der Waals surface area contributed by atoms with Crippen molar-refractivity contribution >= 4 is 55.5 Å². The second-order valence-corrected chi connectivity index (χ2v) is 9.76. The van der Waals surface area contributed by atoms with Crippen LogP contribution in [0.5, 0.6) is 0 Å². The molecule has 7 aromatic rings. The lowest BCUT2D eigenvalue weighted by molar-refractivity contribution is 0.620. The predicted octanol–water partition coefficient (Wildman–Crippen LogP) is 8.86. The maximum Gasteiger partial charge on any atom is 0.227 e. The van der Waals surface area contributed by atoms with Crippen molar-refractivity contribution in [1.82, 2.24) is 9.55 Å². The highest BCUT2D eigenvalue weighted by Gasteiger charge is 2.12. The van der Waals surface area contributed by atoms with Gasteiger partial charge in [0.25, 0.3) is 0 Å². The summed E-state index contributed by atoms with van der Waals surface area (Å²) in [6, 6.07) is 40.4. The third kappa shape index (κ3) is 3.36. The zero-order valence-corrected chi connectivity index (χ0v) is 20.8. The molecule has 0 saturated heterocycles. The van der Waals surface area contributed by atoms with E-state index in [4.69, 9.17) is 9.40 Å². The summed E-state index contributed by atoms with van der Waals surface area (Å²) in [6.07, 6.45) is 0. The molecule has 0 N–H and O–H groups in total. The third-order valence-electron chi connectivity index (χ3n) is 6.54. The Morgan fingerprint density at radius 3 is 1.77 bits per heavy atom. The van der Waals surface area contributed by atoms with Crippen LogP contribution in [0.2, 0.25) is 0 Å². The smallest absolute Gasteiger partial charge is 0.227 e. The van der Waals surface area contributed by atoms with Gasteiger partial charge in [-0.1, -0.05) is 66.7 Å². The van der Waals surface area contributed by atoms with Gasteiger partial charge < -0.3 is 8.98 Å². The quantitative estimate of drug-likeness (QED) is 0.202. The molecular formula is C31H19IN2O. The molecule has 0 aliphatic carbocycles. The van der Waals surface area contributed by atoms with E-state index >= 15 is 0 Å². The lowest BCUT2D eigenvalue weighted by atomic mass is 10.0. The molecule has 0 aliphatic rings. The molecule has 0 bridgehead atoms. The molecule has 0 unspecified atom stereocenters. The molecule has 2 heterocycles. The summed E-state index contributed by atoms with van der Waals surface area (Å²) in [5, 5.41) is 2.55. The number of hydrogen-bond donors (Lipinski definition) is 0. The number of oxazole rings is 1. The fourth-order valence-corrected chi connectivity index (χ4v) is 5.44. The molecule has 2 aromatic heterocycles. The van der Waals surface area contributed by atoms with Crippen molar-refractivity contribution in [1.29, 1.82) is 0 Å². The molecule has 166 valence electrons. The Morgan fingerprint density at radius 1 is 0.571 bits per heavy atom. The van der Waals surface area contributed by atoms with E-state index in [2.05, 4.69) is 124 Å². The van der Waals surface area contributed by atoms with E-state index in [-0.39, 0.29) is 0 Å². The average molecular weight is 562 g/mol. The predicted molar refractivity (Wildman–Crippen MR) is 152 cm³/mol. The first-order valence-corrected chi connectivity index (χ1v) is 12.6. The van der Waals surface area contributed by atoms with Crippen molar-refractivity contribution in [3.63, 3.8) is 0 Å². The number of halogens is 1. The van der Waals surface area contributed by atoms with E-state index in [0.29, 0.717) is 5.89 Å². The second-order valence-electron chi connectivity index (χ2n) is 8.60. The Hall–Kier alpha value is -3.90. The summed E-state index contributed by atoms with van der Waals surface area (Å²) in [7, 11) is 0. The molecule has 0 spiro atoms. The van der Waals surface area contributed by atoms with Gasteiger partial charge in [0.1, 0.15) is 5.52 Å². The fraction of sp³-hybridized carbons (Fsp3) is 0. The van der Waals surface area contributed by atoms with E-state index in [1.54, 1.807) is 0 Å². The lowest BCUT2D eigenvalue weighted by Crippen LogP contribution is -1.93. The zero-order chi connectivity index (χ0) is 23.4. The first-order chi connectivity index (χ1) is 17.3. The highest BCUT2D eigenvalue weighted by Crippen LogP contribution is 2.33. The van der Waals surface area contributed by atoms with E-state index in [1.807, 2.05) is 18.2 Å². The minimum Gasteiger partial charge on any atom is -0.436 e. The van der Waals surface area contributed by atoms with Gasteiger partial charge >= 0.3 is 0 Å². The van der Waals surface area contributed by atoms with Gasteiger partial charge in [-0.2, -0.15) is 0 Å². The minimum absolute atomic E-state index is 0.650. The highest BCUT2D eigenvalue weighted by atomic mass is 127. The van der Waals surface area contributed by atoms with Crippen molar-refractivity contribution in [2.45, 2.75) is 0 Å². The Morgan fingerprint density at radius 2 is 1.14 bits per heavy atom. The first-order valence-electron chi connectivity index (χ1n) is 11.5. The molecule has 3 nitrogen and oxygen atoms in total. The van der Waals surface area contributed by atoms with Crippen LogP contribution in [-0.4, -0.2) is 9.55 Å². The second kappa shape index (κ2) is 8.10. The van der Waals surface area contributed by atoms with Crippen molar-refractivity contribution in [3.8, 4) is 28.3 Å². The molecule has 5 aromatic carbocycles. The fourth-order valence-electron chi connectivity index (χ4n) is 4.85. The largest absolute Gasteiger partial charge is 0.436 e. The van der Waals surface area contributed by atoms with Crippen LogP contribution >= 0.6 is 22.6 Å². The van der Waals surface area contributed by atoms with Gasteiger partial charge in [-0.05, 0) is 82.2 Å². The molecule has 0 saturated carbocycles. The molecule has 0 radical (unpaired) electrons. The standard InChI is InChI=1S/C31H19IN2O/c32-26-8-5-11-29-30(26)33-31(35-29)22-14-12-20(13-15-22)21-16-18-23(19-17-21)34-27-9-3-1-6-24(27)25-7-2-4-10-28(25)34/h1-19H. The van der Waals surface area contributed by atoms with Gasteiger partial charge in [0.05, 0.1) is 11.0 Å². The Balaban J connectivity index is 1.25. The summed E-state index contributed by atoms with van der Waals surface area (Å²) < 4.78 is 9.42. The summed E-state index contributed by atoms with van der Waals surface area (Å²) >= 11 is 2.29. The normalized spacial score (nSPS) is 11.6. The van der Waals surface area contributed by atoms with Crippen molar-refractivity contribution in [2.24, 2.45) is 0 Å². The molecule has 4 heteroatoms. The van der Waals surface area contributed by atoms with Gasteiger partial charge in [0.15, 0.2) is 5.58 Å². The van der Waals surface area contributed by atoms with Gasteiger partial charge in [0.2, 0.25) is 5.89 Å². The Labute approximate surface area is 215 Å². The maximum absolute atomic E-state index is 5.99. The van der Waals surface area contributed by atoms with E-state index in [0.717, 1.165) is 31.5 Å². The molecule has 0 amide bonds. The van der Waals surface area contributed by atoms with Crippen molar-refractivity contribution in [3.05, 3.63) is 119 Å². The summed E-state index contributed by atoms with van der Waals surface area (Å²) in [5.41, 5.74) is 8.63. The van der Waals surface area contributed by atoms with Gasteiger partial charge in [-0.15, -0.1) is 0 Å². The van der Waals surface area contributed by atoms with Crippen molar-refractivity contribution in [2.75, 3.05) is 0 Å². The summed E-state index contributed by atoms with van der Waals surface area (Å²) in [6.45, 7) is 0. The van der Waals surface area contributed by atoms with Crippen LogP contribution in [0.4, 0.5) is 0 Å². The zero-order valence-electron chi connectivity index (χ0n) is 18.7. The molecular weight excluding hydrogens is 543 g/mol. The summed E-state index contributed by atoms with van der Waals surface area (Å²) in [5.74, 6) is 0.650. The molecule has 0 fully saturated rings. The number of aromatic nitrogens is 2. The van der Waals surface area contributed by atoms with Crippen LogP contribution < -0.4 is 0 Å². The van der Waals surface area contributed by atoms with Crippen LogP contribution in [-0.2, 0) is 0 Å². The van der Waals surface area contributed by atoms with Crippen LogP contribution in [0.15, 0.2) is 120 Å². The van der Waals surface area contributed by atoms with E-state index < -0.39 is 0 Å². The van der Waals surface area contributed by atoms with Gasteiger partial charge in [-0.25, -0.2) is 4.98 Å². The maximum atomic E-state index is 5.99. The third-order valence-corrected chi connectivity index (χ3v) is 7.41. The van der Waals surface area contributed by atoms with Gasteiger partial charge in [0, 0.05) is 25.6 Å². The average Bonchev–Trinajstić information content (AvgIpc) is 3.50. The van der Waals surface area contributed by atoms with Crippen LogP contribution in [0, 0.1) is 3.57 Å². The number of benzene rings is 5. The SMILES string of the molecule is Ic1cccc2oc(-c3ccc(-c4ccc(-n5c6ccccc6c6ccccc65)cc4)cc3)nc12. The van der Waals surface area contributed by atoms with Crippen LogP contribution in [0.25, 0.3) is 61.2 Å². The van der Waals surface area contributed by atoms with E-state index in [9.17, 15) is 0 Å². The number of nitrogens with zero attached hydrogens (tertiary/aromatic N) is 2. The molecule has 7 rings (SSSR count). The van der Waals surface area contributed by atoms with Crippen LogP contribution in [0.3, 0.4) is 0 Å². The first kappa shape index (κ1) is 20.5. The lowest BCUT2D eigenvalue weighted by Gasteiger charge is -2.09. The molecule has 35 heavy (non-hydrogen) atoms. The molecule has 0 atom stereocenters. The molecule has 0 aliphatic heterocycles. The monoisotopic (exact) mass is 562 g/mol. The minimum atomic E-state index is 0.650. The van der Waals surface area contributed by atoms with Crippen molar-refractivity contribution < 1.29 is 4.42 Å². The highest BCUT2D eigenvalue weighted by molar-refractivity contribution is 14.1. The number of fused-ring (bicyclic) bond motifs is 4. The topological polar surface area (TPSA) is 31.0 Å². The number of hydrogen-bond acceptors (Lipinski definition) is 2. The van der Waals surface area contributed by atoms with E-state index in [1.165, 1.54) is 27.4 Å². The Kier molecular flexibility index (Phi) is 4.74. The van der Waals surface area contributed by atoms with Gasteiger partial charge in [-0.3, -0.25) is 0 Å². The Bertz CT molecular complexity index is 1790. The summed E-state index contributed by atoms with van der Waals surface area (Å²) in [4.78, 5) is 4.70. The number of rotatable bonds is 3. The number of para-hydroxylation sites is 3. The van der Waals surface area contributed by atoms with Crippen LogP contribution in [0.1, 0.15) is 0 Å².